The molecule has 1 aliphatic rings. The first-order valence-electron chi connectivity index (χ1n) is 8.51. The summed E-state index contributed by atoms with van der Waals surface area (Å²) < 4.78 is 6.91. The van der Waals surface area contributed by atoms with E-state index in [1.807, 2.05) is 42.5 Å². The number of aromatic nitrogens is 1. The van der Waals surface area contributed by atoms with Crippen molar-refractivity contribution in [2.45, 2.75) is 20.1 Å². The predicted molar refractivity (Wildman–Crippen MR) is 104 cm³/mol. The second-order valence-electron chi connectivity index (χ2n) is 5.95. The smallest absolute Gasteiger partial charge is 0.227 e. The standard InChI is InChI=1S/C20H20N2O2S/c1-3-22(4-2)14-10-9-13-11-15(20(23)24-17(13)12-14)19-21-16-7-5-6-8-18(16)25-19/h5-12,20,23H,3-4H2,1-2H3. The van der Waals surface area contributed by atoms with Gasteiger partial charge in [-0.25, -0.2) is 4.98 Å². The van der Waals surface area contributed by atoms with Gasteiger partial charge in [0.1, 0.15) is 10.8 Å². The molecule has 1 aromatic heterocycles. The van der Waals surface area contributed by atoms with Crippen LogP contribution in [0.25, 0.3) is 21.9 Å². The lowest BCUT2D eigenvalue weighted by molar-refractivity contribution is 0.0320. The van der Waals surface area contributed by atoms with E-state index in [0.29, 0.717) is 11.3 Å². The highest BCUT2D eigenvalue weighted by Crippen LogP contribution is 2.38. The Morgan fingerprint density at radius 3 is 2.72 bits per heavy atom. The Kier molecular flexibility index (Phi) is 4.19. The molecule has 3 aromatic rings. The molecule has 25 heavy (non-hydrogen) atoms. The molecule has 5 heteroatoms. The number of rotatable bonds is 4. The molecule has 0 bridgehead atoms. The van der Waals surface area contributed by atoms with Crippen LogP contribution in [0.5, 0.6) is 5.75 Å². The Balaban J connectivity index is 1.74. The normalized spacial score (nSPS) is 16.3. The minimum Gasteiger partial charge on any atom is -0.460 e. The summed E-state index contributed by atoms with van der Waals surface area (Å²) in [4.78, 5) is 6.89. The van der Waals surface area contributed by atoms with Crippen molar-refractivity contribution in [3.8, 4) is 5.75 Å². The number of aliphatic hydroxyl groups is 1. The van der Waals surface area contributed by atoms with Crippen LogP contribution in [0.3, 0.4) is 0 Å². The second kappa shape index (κ2) is 6.50. The van der Waals surface area contributed by atoms with E-state index in [0.717, 1.165) is 39.6 Å². The molecule has 2 aromatic carbocycles. The number of para-hydroxylation sites is 1. The average molecular weight is 352 g/mol. The Bertz CT molecular complexity index is 911. The number of ether oxygens (including phenoxy) is 1. The van der Waals surface area contributed by atoms with Crippen molar-refractivity contribution in [3.05, 3.63) is 53.0 Å². The van der Waals surface area contributed by atoms with Crippen molar-refractivity contribution in [2.75, 3.05) is 18.0 Å². The molecule has 0 amide bonds. The Labute approximate surface area is 151 Å². The number of nitrogens with zero attached hydrogens (tertiary/aromatic N) is 2. The number of benzene rings is 2. The fraction of sp³-hybridized carbons (Fsp3) is 0.250. The summed E-state index contributed by atoms with van der Waals surface area (Å²) in [5.74, 6) is 0.710. The van der Waals surface area contributed by atoms with Crippen LogP contribution < -0.4 is 9.64 Å². The number of fused-ring (bicyclic) bond motifs is 2. The third-order valence-corrected chi connectivity index (χ3v) is 5.57. The van der Waals surface area contributed by atoms with Gasteiger partial charge in [0.15, 0.2) is 0 Å². The lowest BCUT2D eigenvalue weighted by Gasteiger charge is -2.26. The van der Waals surface area contributed by atoms with Gasteiger partial charge in [-0.1, -0.05) is 12.1 Å². The van der Waals surface area contributed by atoms with E-state index in [4.69, 9.17) is 4.74 Å². The summed E-state index contributed by atoms with van der Waals surface area (Å²) in [5.41, 5.74) is 3.73. The van der Waals surface area contributed by atoms with Crippen LogP contribution in [-0.4, -0.2) is 29.5 Å². The van der Waals surface area contributed by atoms with Crippen molar-refractivity contribution in [1.29, 1.82) is 0 Å². The Morgan fingerprint density at radius 2 is 1.96 bits per heavy atom. The summed E-state index contributed by atoms with van der Waals surface area (Å²) in [5, 5.41) is 11.3. The van der Waals surface area contributed by atoms with Crippen LogP contribution >= 0.6 is 11.3 Å². The fourth-order valence-electron chi connectivity index (χ4n) is 3.12. The van der Waals surface area contributed by atoms with E-state index >= 15 is 0 Å². The lowest BCUT2D eigenvalue weighted by Crippen LogP contribution is -2.23. The predicted octanol–water partition coefficient (Wildman–Crippen LogP) is 4.39. The zero-order valence-electron chi connectivity index (χ0n) is 14.3. The molecule has 0 aliphatic carbocycles. The molecule has 0 fully saturated rings. The van der Waals surface area contributed by atoms with Crippen molar-refractivity contribution >= 4 is 38.9 Å². The van der Waals surface area contributed by atoms with E-state index in [9.17, 15) is 5.11 Å². The molecule has 2 heterocycles. The lowest BCUT2D eigenvalue weighted by atomic mass is 10.1. The van der Waals surface area contributed by atoms with E-state index in [1.54, 1.807) is 11.3 Å². The van der Waals surface area contributed by atoms with Crippen molar-refractivity contribution in [3.63, 3.8) is 0 Å². The average Bonchev–Trinajstić information content (AvgIpc) is 3.06. The molecule has 4 nitrogen and oxygen atoms in total. The third kappa shape index (κ3) is 2.90. The van der Waals surface area contributed by atoms with Gasteiger partial charge in [0.25, 0.3) is 0 Å². The Hall–Kier alpha value is -2.37. The molecule has 0 saturated carbocycles. The maximum atomic E-state index is 10.5. The van der Waals surface area contributed by atoms with Gasteiger partial charge in [-0.15, -0.1) is 11.3 Å². The summed E-state index contributed by atoms with van der Waals surface area (Å²) in [6.07, 6.45) is 0.979. The molecule has 1 aliphatic heterocycles. The fourth-order valence-corrected chi connectivity index (χ4v) is 4.11. The van der Waals surface area contributed by atoms with Gasteiger partial charge in [-0.05, 0) is 44.2 Å². The summed E-state index contributed by atoms with van der Waals surface area (Å²) in [6, 6.07) is 14.1. The van der Waals surface area contributed by atoms with Gasteiger partial charge in [0, 0.05) is 30.4 Å². The topological polar surface area (TPSA) is 45.6 Å². The molecule has 4 rings (SSSR count). The van der Waals surface area contributed by atoms with E-state index < -0.39 is 6.29 Å². The zero-order valence-corrected chi connectivity index (χ0v) is 15.1. The molecule has 0 spiro atoms. The first-order valence-corrected chi connectivity index (χ1v) is 9.32. The van der Waals surface area contributed by atoms with Gasteiger partial charge in [0.05, 0.1) is 15.8 Å². The number of anilines is 1. The van der Waals surface area contributed by atoms with Crippen molar-refractivity contribution in [2.24, 2.45) is 0 Å². The minimum atomic E-state index is -1.000. The molecule has 1 unspecified atom stereocenters. The summed E-state index contributed by atoms with van der Waals surface area (Å²) in [6.45, 7) is 6.13. The van der Waals surface area contributed by atoms with Crippen LogP contribution in [0.1, 0.15) is 24.4 Å². The molecule has 1 N–H and O–H groups in total. The number of aliphatic hydroxyl groups excluding tert-OH is 1. The van der Waals surface area contributed by atoms with E-state index in [-0.39, 0.29) is 0 Å². The van der Waals surface area contributed by atoms with Crippen LogP contribution in [-0.2, 0) is 0 Å². The molecule has 128 valence electrons. The maximum Gasteiger partial charge on any atom is 0.227 e. The summed E-state index contributed by atoms with van der Waals surface area (Å²) >= 11 is 1.57. The highest BCUT2D eigenvalue weighted by atomic mass is 32.1. The molecule has 1 atom stereocenters. The number of hydrogen-bond donors (Lipinski definition) is 1. The largest absolute Gasteiger partial charge is 0.460 e. The third-order valence-electron chi connectivity index (χ3n) is 4.48. The molecule has 0 saturated heterocycles. The minimum absolute atomic E-state index is 0.710. The van der Waals surface area contributed by atoms with Crippen LogP contribution in [0.2, 0.25) is 0 Å². The first kappa shape index (κ1) is 16.1. The van der Waals surface area contributed by atoms with Gasteiger partial charge in [-0.2, -0.15) is 0 Å². The summed E-state index contributed by atoms with van der Waals surface area (Å²) in [7, 11) is 0. The molecular formula is C20H20N2O2S. The van der Waals surface area contributed by atoms with Crippen LogP contribution in [0.15, 0.2) is 42.5 Å². The second-order valence-corrected chi connectivity index (χ2v) is 6.98. The van der Waals surface area contributed by atoms with Gasteiger partial charge in [0.2, 0.25) is 6.29 Å². The van der Waals surface area contributed by atoms with E-state index in [2.05, 4.69) is 29.8 Å². The quantitative estimate of drug-likeness (QED) is 0.756. The van der Waals surface area contributed by atoms with Crippen LogP contribution in [0.4, 0.5) is 5.69 Å². The Morgan fingerprint density at radius 1 is 1.16 bits per heavy atom. The maximum absolute atomic E-state index is 10.5. The van der Waals surface area contributed by atoms with Crippen molar-refractivity contribution in [1.82, 2.24) is 4.98 Å². The van der Waals surface area contributed by atoms with Crippen LogP contribution in [0, 0.1) is 0 Å². The molecular weight excluding hydrogens is 332 g/mol. The van der Waals surface area contributed by atoms with E-state index in [1.165, 1.54) is 0 Å². The molecule has 0 radical (unpaired) electrons. The highest BCUT2D eigenvalue weighted by Gasteiger charge is 2.25. The SMILES string of the molecule is CCN(CC)c1ccc2c(c1)OC(O)C(c1nc3ccccc3s1)=C2. The zero-order chi connectivity index (χ0) is 17.4. The number of hydrogen-bond acceptors (Lipinski definition) is 5. The van der Waals surface area contributed by atoms with Crippen molar-refractivity contribution < 1.29 is 9.84 Å². The first-order chi connectivity index (χ1) is 12.2. The highest BCUT2D eigenvalue weighted by molar-refractivity contribution is 7.19. The monoisotopic (exact) mass is 352 g/mol. The number of thiazole rings is 1. The van der Waals surface area contributed by atoms with Gasteiger partial charge < -0.3 is 14.7 Å². The van der Waals surface area contributed by atoms with Gasteiger partial charge in [-0.3, -0.25) is 0 Å². The van der Waals surface area contributed by atoms with Gasteiger partial charge >= 0.3 is 0 Å².